The van der Waals surface area contributed by atoms with Gasteiger partial charge in [0.1, 0.15) is 12.4 Å². The summed E-state index contributed by atoms with van der Waals surface area (Å²) in [7, 11) is 0. The molecule has 1 N–H and O–H groups in total. The molecule has 4 nitrogen and oxygen atoms in total. The van der Waals surface area contributed by atoms with Crippen molar-refractivity contribution < 1.29 is 9.53 Å². The monoisotopic (exact) mass is 368 g/mol. The fourth-order valence-corrected chi connectivity index (χ4v) is 2.89. The quantitative estimate of drug-likeness (QED) is 0.443. The Kier molecular flexibility index (Phi) is 6.45. The van der Waals surface area contributed by atoms with Crippen LogP contribution >= 0.6 is 11.6 Å². The second kappa shape index (κ2) is 9.20. The van der Waals surface area contributed by atoms with E-state index in [1.54, 1.807) is 24.3 Å². The van der Waals surface area contributed by atoms with E-state index in [0.29, 0.717) is 28.9 Å². The maximum Gasteiger partial charge on any atom is 0.271 e. The van der Waals surface area contributed by atoms with Crippen LogP contribution in [0.1, 0.15) is 35.2 Å². The first kappa shape index (κ1) is 18.2. The van der Waals surface area contributed by atoms with Gasteiger partial charge in [-0.15, -0.1) is 0 Å². The summed E-state index contributed by atoms with van der Waals surface area (Å²) in [5, 5.41) is 4.75. The van der Waals surface area contributed by atoms with Gasteiger partial charge >= 0.3 is 0 Å². The van der Waals surface area contributed by atoms with Gasteiger partial charge in [-0.2, -0.15) is 5.10 Å². The minimum Gasteiger partial charge on any atom is -0.489 e. The van der Waals surface area contributed by atoms with Crippen LogP contribution in [0.2, 0.25) is 5.02 Å². The molecule has 5 heteroatoms. The third-order valence-corrected chi connectivity index (χ3v) is 4.60. The number of halogens is 1. The molecule has 0 heterocycles. The Morgan fingerprint density at radius 1 is 1.19 bits per heavy atom. The van der Waals surface area contributed by atoms with E-state index in [4.69, 9.17) is 16.3 Å². The molecule has 0 saturated carbocycles. The highest BCUT2D eigenvalue weighted by atomic mass is 35.5. The van der Waals surface area contributed by atoms with Crippen molar-refractivity contribution >= 4 is 23.7 Å². The first-order valence-corrected chi connectivity index (χ1v) is 9.05. The van der Waals surface area contributed by atoms with Crippen molar-refractivity contribution in [2.24, 2.45) is 11.0 Å². The number of hydrazone groups is 1. The molecule has 1 amide bonds. The van der Waals surface area contributed by atoms with Gasteiger partial charge in [0.25, 0.3) is 5.91 Å². The molecule has 3 rings (SSSR count). The normalized spacial score (nSPS) is 16.6. The second-order valence-electron chi connectivity index (χ2n) is 6.17. The van der Waals surface area contributed by atoms with Crippen LogP contribution in [-0.2, 0) is 6.61 Å². The van der Waals surface area contributed by atoms with Gasteiger partial charge in [0, 0.05) is 22.4 Å². The van der Waals surface area contributed by atoms with Gasteiger partial charge in [-0.05, 0) is 55.5 Å². The summed E-state index contributed by atoms with van der Waals surface area (Å²) < 4.78 is 5.72. The van der Waals surface area contributed by atoms with Crippen molar-refractivity contribution in [3.05, 3.63) is 76.8 Å². The van der Waals surface area contributed by atoms with E-state index in [9.17, 15) is 4.79 Å². The maximum atomic E-state index is 12.1. The summed E-state index contributed by atoms with van der Waals surface area (Å²) in [5.74, 6) is 0.852. The lowest BCUT2D eigenvalue weighted by Crippen LogP contribution is -2.18. The number of hydrogen-bond acceptors (Lipinski definition) is 3. The number of nitrogens with zero attached hydrogens (tertiary/aromatic N) is 1. The van der Waals surface area contributed by atoms with E-state index in [-0.39, 0.29) is 5.91 Å². The van der Waals surface area contributed by atoms with Gasteiger partial charge in [0.15, 0.2) is 0 Å². The Hall–Kier alpha value is -2.59. The largest absolute Gasteiger partial charge is 0.489 e. The first-order valence-electron chi connectivity index (χ1n) is 8.67. The lowest BCUT2D eigenvalue weighted by atomic mass is 9.96. The molecule has 134 valence electrons. The third kappa shape index (κ3) is 5.20. The van der Waals surface area contributed by atoms with E-state index in [1.165, 1.54) is 0 Å². The first-order chi connectivity index (χ1) is 12.7. The molecule has 0 fully saturated rings. The number of carbonyl (C=O) groups is 1. The van der Waals surface area contributed by atoms with Gasteiger partial charge in [-0.3, -0.25) is 4.79 Å². The molecule has 2 aromatic rings. The molecule has 26 heavy (non-hydrogen) atoms. The topological polar surface area (TPSA) is 50.7 Å². The molecule has 0 aromatic heterocycles. The average Bonchev–Trinajstić information content (AvgIpc) is 2.68. The van der Waals surface area contributed by atoms with Gasteiger partial charge in [0.2, 0.25) is 0 Å². The predicted octanol–water partition coefficient (Wildman–Crippen LogP) is 4.99. The van der Waals surface area contributed by atoms with Crippen LogP contribution in [-0.4, -0.2) is 12.1 Å². The fourth-order valence-electron chi connectivity index (χ4n) is 2.70. The SMILES string of the molecule is O=C(NN=CC1CC=CCC1)c1ccc(OCc2ccccc2Cl)cc1. The molecule has 1 aliphatic carbocycles. The van der Waals surface area contributed by atoms with Crippen molar-refractivity contribution in [1.29, 1.82) is 0 Å². The standard InChI is InChI=1S/C21H21ClN2O2/c22-20-9-5-4-8-18(20)15-26-19-12-10-17(11-13-19)21(25)24-23-14-16-6-2-1-3-7-16/h1-2,4-5,8-14,16H,3,6-7,15H2,(H,24,25). The van der Waals surface area contributed by atoms with Gasteiger partial charge in [-0.1, -0.05) is 42.0 Å². The van der Waals surface area contributed by atoms with Crippen molar-refractivity contribution in [2.75, 3.05) is 0 Å². The summed E-state index contributed by atoms with van der Waals surface area (Å²) in [5.41, 5.74) is 4.04. The zero-order chi connectivity index (χ0) is 18.2. The van der Waals surface area contributed by atoms with Crippen LogP contribution in [0.4, 0.5) is 0 Å². The number of allylic oxidation sites excluding steroid dienone is 2. The minimum absolute atomic E-state index is 0.231. The average molecular weight is 369 g/mol. The third-order valence-electron chi connectivity index (χ3n) is 4.23. The molecular formula is C21H21ClN2O2. The van der Waals surface area contributed by atoms with Crippen LogP contribution in [0.15, 0.2) is 65.8 Å². The minimum atomic E-state index is -0.231. The Morgan fingerprint density at radius 2 is 2.00 bits per heavy atom. The molecule has 1 unspecified atom stereocenters. The number of benzene rings is 2. The van der Waals surface area contributed by atoms with Gasteiger partial charge in [0.05, 0.1) is 0 Å². The Morgan fingerprint density at radius 3 is 2.73 bits per heavy atom. The Balaban J connectivity index is 1.50. The van der Waals surface area contributed by atoms with Crippen molar-refractivity contribution in [3.63, 3.8) is 0 Å². The molecule has 0 bridgehead atoms. The lowest BCUT2D eigenvalue weighted by molar-refractivity contribution is 0.0955. The number of amides is 1. The summed E-state index contributed by atoms with van der Waals surface area (Å²) in [6.45, 7) is 0.380. The summed E-state index contributed by atoms with van der Waals surface area (Å²) in [6, 6.07) is 14.5. The number of ether oxygens (including phenoxy) is 1. The summed E-state index contributed by atoms with van der Waals surface area (Å²) in [6.07, 6.45) is 9.29. The Bertz CT molecular complexity index is 800. The highest BCUT2D eigenvalue weighted by molar-refractivity contribution is 6.31. The Labute approximate surface area is 158 Å². The maximum absolute atomic E-state index is 12.1. The van der Waals surface area contributed by atoms with Crippen LogP contribution < -0.4 is 10.2 Å². The van der Waals surface area contributed by atoms with E-state index >= 15 is 0 Å². The molecule has 1 aliphatic rings. The molecule has 0 radical (unpaired) electrons. The second-order valence-corrected chi connectivity index (χ2v) is 6.58. The van der Waals surface area contributed by atoms with Gasteiger partial charge in [-0.25, -0.2) is 5.43 Å². The smallest absolute Gasteiger partial charge is 0.271 e. The molecule has 0 aliphatic heterocycles. The van der Waals surface area contributed by atoms with Crippen LogP contribution in [0.3, 0.4) is 0 Å². The molecule has 1 atom stereocenters. The predicted molar refractivity (Wildman–Crippen MR) is 105 cm³/mol. The number of hydrogen-bond donors (Lipinski definition) is 1. The molecular weight excluding hydrogens is 348 g/mol. The van der Waals surface area contributed by atoms with Gasteiger partial charge < -0.3 is 4.74 Å². The van der Waals surface area contributed by atoms with Crippen molar-refractivity contribution in [3.8, 4) is 5.75 Å². The van der Waals surface area contributed by atoms with Crippen molar-refractivity contribution in [1.82, 2.24) is 5.43 Å². The number of carbonyl (C=O) groups excluding carboxylic acids is 1. The van der Waals surface area contributed by atoms with E-state index in [1.807, 2.05) is 30.5 Å². The van der Waals surface area contributed by atoms with Crippen LogP contribution in [0.25, 0.3) is 0 Å². The molecule has 2 aromatic carbocycles. The number of nitrogens with one attached hydrogen (secondary N) is 1. The van der Waals surface area contributed by atoms with E-state index in [2.05, 4.69) is 22.7 Å². The van der Waals surface area contributed by atoms with Crippen LogP contribution in [0.5, 0.6) is 5.75 Å². The number of rotatable bonds is 6. The molecule has 0 spiro atoms. The van der Waals surface area contributed by atoms with E-state index in [0.717, 1.165) is 24.8 Å². The van der Waals surface area contributed by atoms with Crippen LogP contribution in [0, 0.1) is 5.92 Å². The zero-order valence-electron chi connectivity index (χ0n) is 14.4. The summed E-state index contributed by atoms with van der Waals surface area (Å²) >= 11 is 6.11. The highest BCUT2D eigenvalue weighted by Gasteiger charge is 2.08. The lowest BCUT2D eigenvalue weighted by Gasteiger charge is -2.11. The van der Waals surface area contributed by atoms with E-state index < -0.39 is 0 Å². The highest BCUT2D eigenvalue weighted by Crippen LogP contribution is 2.19. The van der Waals surface area contributed by atoms with Crippen molar-refractivity contribution in [2.45, 2.75) is 25.9 Å². The fraction of sp³-hybridized carbons (Fsp3) is 0.238. The summed E-state index contributed by atoms with van der Waals surface area (Å²) in [4.78, 5) is 12.1. The molecule has 0 saturated heterocycles. The zero-order valence-corrected chi connectivity index (χ0v) is 15.2.